The average Bonchev–Trinajstić information content (AvgIpc) is 0.837. The van der Waals surface area contributed by atoms with E-state index >= 15 is 0 Å². The smallest absolute Gasteiger partial charge is 0.104 e. The van der Waals surface area contributed by atoms with Crippen molar-refractivity contribution in [3.8, 4) is 0 Å². The summed E-state index contributed by atoms with van der Waals surface area (Å²) in [6, 6.07) is 0.807. The molecule has 18 nitrogen and oxygen atoms in total. The van der Waals surface area contributed by atoms with Crippen LogP contribution in [0.4, 0.5) is 0 Å². The van der Waals surface area contributed by atoms with Gasteiger partial charge in [-0.2, -0.15) is 0 Å². The van der Waals surface area contributed by atoms with Crippen LogP contribution in [0.25, 0.3) is 0 Å². The van der Waals surface area contributed by atoms with Crippen LogP contribution in [0.3, 0.4) is 0 Å². The van der Waals surface area contributed by atoms with Crippen LogP contribution in [0.1, 0.15) is 386 Å². The van der Waals surface area contributed by atoms with Crippen molar-refractivity contribution in [3.63, 3.8) is 0 Å². The van der Waals surface area contributed by atoms with Crippen LogP contribution in [-0.4, -0.2) is 207 Å². The van der Waals surface area contributed by atoms with E-state index in [1.807, 2.05) is 249 Å². The molecule has 0 fully saturated rings. The van der Waals surface area contributed by atoms with E-state index in [1.165, 1.54) is 0 Å². The second-order valence-corrected chi connectivity index (χ2v) is 30.0. The van der Waals surface area contributed by atoms with E-state index < -0.39 is 50.4 Å². The molecule has 0 aromatic carbocycles. The Kier molecular flexibility index (Phi) is 135. The van der Waals surface area contributed by atoms with Crippen molar-refractivity contribution >= 4 is 51.4 Å². The molecule has 720 valence electrons. The predicted molar refractivity (Wildman–Crippen MR) is 470 cm³/mol. The summed E-state index contributed by atoms with van der Waals surface area (Å²) in [7, 11) is 5.16. The van der Waals surface area contributed by atoms with Crippen LogP contribution in [0.2, 0.25) is 0 Å². The first kappa shape index (κ1) is 165. The maximum Gasteiger partial charge on any atom is 0.104 e. The van der Waals surface area contributed by atoms with Gasteiger partial charge in [0, 0.05) is 454 Å². The number of aliphatic hydroxyl groups is 9. The number of hydrogen-bond acceptors (Lipinski definition) is 18. The van der Waals surface area contributed by atoms with Crippen LogP contribution in [0.15, 0.2) is 44.9 Å². The predicted octanol–water partition coefficient (Wildman–Crippen LogP) is 20.1. The standard InChI is InChI=1S/2C11H23NO.3C10H21NO.3C9H19NO.C8H17NO.9Dy/c1-7-11(13,8(2)3)10(6)12-9(4)5;1-6-8-11(13,7-2)10(5)12-9(3)4;1-6-10(12,8(3)4)9(5)11-7-2;1-6-10(12,7-2)9(5)11-8(3)4;1-5-8-10(12,6-2)9(4)11-7-3;1-6-9(11,7(2)3)8(4)10-5;1-5-7-9(11,6-2)8(3)10-4;1-5-9(11,6-2)8(4)10-7-3;1-5-8(10,6-2)7(3)9-4;;;;;;;;;/h8-9,13H,7H2,1-6H3;9,13H,6-8H2,1-5H3;2*8,12H,6-7H2,1-5H3;12H,5-8H2,1-4H3;7,11H,6H2,1-5H3;2*11H,5-7H2,1-4H3;10H,5-6H2,1-4H3;;;;;;;;;. The molecule has 0 spiro atoms. The molecule has 6 atom stereocenters. The summed E-state index contributed by atoms with van der Waals surface area (Å²) in [4.78, 5) is 37.9. The minimum Gasteiger partial charge on any atom is -0.384 e. The molecule has 0 saturated carbocycles. The molecule has 0 aliphatic heterocycles. The van der Waals surface area contributed by atoms with Crippen LogP contribution in [0, 0.1) is 361 Å². The number of rotatable bonds is 36. The topological polar surface area (TPSA) is 293 Å². The van der Waals surface area contributed by atoms with Gasteiger partial charge in [-0.05, 0) is 239 Å². The molecule has 0 amide bonds. The fourth-order valence-corrected chi connectivity index (χ4v) is 11.9. The number of hydrogen-bond donors (Lipinski definition) is 9. The summed E-state index contributed by atoms with van der Waals surface area (Å²) < 4.78 is 0. The molecule has 0 aromatic heterocycles. The van der Waals surface area contributed by atoms with Crippen molar-refractivity contribution in [3.05, 3.63) is 0 Å². The fraction of sp³-hybridized carbons (Fsp3) is 0.897. The summed E-state index contributed by atoms with van der Waals surface area (Å²) in [6.45, 7) is 79.8. The molecule has 0 bridgehead atoms. The SMILES string of the molecule is CCC(O)(C(C)=NC(C)C)C(C)C.CCC(O)(C(C)=NC)C(C)C.CCC(O)(CC)C(C)=NC.CCC(O)(CC)C(C)=NC(C)C.CCCC(O)(CC)C(C)=NC.CCCC(O)(CC)C(C)=NC(C)C.CCCC(O)(CC)C(C)=NCC.CCN=C(C)C(O)(CC)C(C)C.CCN=C(C)C(O)(CC)CC.[Dy].[Dy].[Dy].[Dy].[Dy].[Dy].[Dy].[Dy].[Dy]. The molecular formula is C87H183Dy9N9O9. The van der Waals surface area contributed by atoms with Crippen LogP contribution in [0.5, 0.6) is 0 Å². The summed E-state index contributed by atoms with van der Waals surface area (Å²) in [5.74, 6) is 0.689. The van der Waals surface area contributed by atoms with Gasteiger partial charge in [-0.3, -0.25) is 44.9 Å². The summed E-state index contributed by atoms with van der Waals surface area (Å²) >= 11 is 0. The van der Waals surface area contributed by atoms with Crippen molar-refractivity contribution in [1.82, 2.24) is 0 Å². The van der Waals surface area contributed by atoms with E-state index in [2.05, 4.69) is 65.7 Å². The van der Waals surface area contributed by atoms with Gasteiger partial charge >= 0.3 is 0 Å². The van der Waals surface area contributed by atoms with E-state index in [1.54, 1.807) is 21.1 Å². The zero-order chi connectivity index (χ0) is 85.4. The largest absolute Gasteiger partial charge is 0.384 e. The third-order valence-corrected chi connectivity index (χ3v) is 21.2. The summed E-state index contributed by atoms with van der Waals surface area (Å²) in [5.41, 5.74) is 1.66. The quantitative estimate of drug-likeness (QED) is 0.0269. The first-order valence-corrected chi connectivity index (χ1v) is 41.2. The van der Waals surface area contributed by atoms with E-state index in [0.717, 1.165) is 187 Å². The monoisotopic (exact) mass is 2970 g/mol. The Balaban J connectivity index is -0.0000000563. The Morgan fingerprint density at radius 2 is 0.386 bits per heavy atom. The van der Waals surface area contributed by atoms with Gasteiger partial charge in [0.25, 0.3) is 0 Å². The van der Waals surface area contributed by atoms with Gasteiger partial charge < -0.3 is 46.0 Å². The van der Waals surface area contributed by atoms with Crippen LogP contribution < -0.4 is 0 Å². The van der Waals surface area contributed by atoms with E-state index in [9.17, 15) is 46.0 Å². The van der Waals surface area contributed by atoms with E-state index in [0.29, 0.717) is 0 Å². The maximum absolute atomic E-state index is 10.3. The second-order valence-electron chi connectivity index (χ2n) is 30.0. The molecule has 9 N–H and O–H groups in total. The Morgan fingerprint density at radius 3 is 0.570 bits per heavy atom. The van der Waals surface area contributed by atoms with Crippen LogP contribution >= 0.6 is 0 Å². The third-order valence-electron chi connectivity index (χ3n) is 21.2. The van der Waals surface area contributed by atoms with E-state index in [4.69, 9.17) is 0 Å². The molecule has 0 aliphatic carbocycles. The second kappa shape index (κ2) is 93.0. The summed E-state index contributed by atoms with van der Waals surface area (Å²) in [6.07, 6.45) is 14.4. The number of nitrogens with zero attached hydrogens (tertiary/aromatic N) is 9. The molecule has 0 radical (unpaired) electrons. The molecule has 0 aromatic rings. The van der Waals surface area contributed by atoms with Crippen molar-refractivity contribution in [2.24, 2.45) is 62.7 Å². The molecular weight excluding hydrogens is 2780 g/mol. The average molecular weight is 2960 g/mol. The van der Waals surface area contributed by atoms with E-state index in [-0.39, 0.29) is 379 Å². The van der Waals surface area contributed by atoms with Crippen LogP contribution in [-0.2, 0) is 0 Å². The molecule has 0 aliphatic rings. The molecule has 114 heavy (non-hydrogen) atoms. The summed E-state index contributed by atoms with van der Waals surface area (Å²) in [5, 5.41) is 90.4. The first-order chi connectivity index (χ1) is 48.1. The minimum absolute atomic E-state index is 0. The molecule has 0 saturated heterocycles. The van der Waals surface area contributed by atoms with Gasteiger partial charge in [0.15, 0.2) is 0 Å². The van der Waals surface area contributed by atoms with Crippen molar-refractivity contribution < 1.29 is 390 Å². The molecule has 6 unspecified atom stereocenters. The van der Waals surface area contributed by atoms with Gasteiger partial charge in [-0.25, -0.2) is 0 Å². The molecule has 0 heterocycles. The molecule has 0 rings (SSSR count). The normalized spacial score (nSPS) is 15.4. The van der Waals surface area contributed by atoms with Gasteiger partial charge in [0.2, 0.25) is 0 Å². The van der Waals surface area contributed by atoms with Crippen molar-refractivity contribution in [1.29, 1.82) is 0 Å². The Morgan fingerprint density at radius 1 is 0.219 bits per heavy atom. The van der Waals surface area contributed by atoms with Gasteiger partial charge in [-0.1, -0.05) is 165 Å². The zero-order valence-electron chi connectivity index (χ0n) is 80.2. The van der Waals surface area contributed by atoms with Crippen molar-refractivity contribution in [2.45, 2.75) is 454 Å². The first-order valence-electron chi connectivity index (χ1n) is 41.2. The van der Waals surface area contributed by atoms with Gasteiger partial charge in [0.1, 0.15) is 50.4 Å². The zero-order valence-corrected chi connectivity index (χ0v) is 98.5. The van der Waals surface area contributed by atoms with Gasteiger partial charge in [0.05, 0.1) is 0 Å². The Hall–Kier alpha value is 8.12. The number of aliphatic imine (C=N–C) groups is 9. The maximum atomic E-state index is 10.3. The fourth-order valence-electron chi connectivity index (χ4n) is 11.9. The minimum atomic E-state index is -0.718. The third kappa shape index (κ3) is 70.8. The van der Waals surface area contributed by atoms with Crippen molar-refractivity contribution in [2.75, 3.05) is 40.8 Å². The Labute approximate surface area is 980 Å². The Bertz CT molecular complexity index is 2480. The molecule has 27 heteroatoms. The van der Waals surface area contributed by atoms with Gasteiger partial charge in [-0.15, -0.1) is 0 Å².